The van der Waals surface area contributed by atoms with Crippen molar-refractivity contribution in [3.63, 3.8) is 0 Å². The number of aliphatic carboxylic acids is 1. The van der Waals surface area contributed by atoms with E-state index in [0.717, 1.165) is 12.8 Å². The molecule has 0 bridgehead atoms. The predicted octanol–water partition coefficient (Wildman–Crippen LogP) is 1.94. The summed E-state index contributed by atoms with van der Waals surface area (Å²) >= 11 is 5.98. The van der Waals surface area contributed by atoms with Gasteiger partial charge in [-0.25, -0.2) is 9.97 Å². The first-order valence-corrected chi connectivity index (χ1v) is 6.83. The van der Waals surface area contributed by atoms with Crippen molar-refractivity contribution in [3.8, 4) is 0 Å². The predicted molar refractivity (Wildman–Crippen MR) is 72.8 cm³/mol. The van der Waals surface area contributed by atoms with E-state index in [-0.39, 0.29) is 29.2 Å². The molecule has 1 aliphatic carbocycles. The topological polar surface area (TPSA) is 83.4 Å². The van der Waals surface area contributed by atoms with Gasteiger partial charge >= 0.3 is 5.97 Å². The minimum Gasteiger partial charge on any atom is -0.480 e. The summed E-state index contributed by atoms with van der Waals surface area (Å²) in [7, 11) is 0. The van der Waals surface area contributed by atoms with E-state index in [4.69, 9.17) is 16.7 Å². The number of nitrogens with zero attached hydrogens (tertiary/aromatic N) is 3. The second kappa shape index (κ2) is 5.75. The van der Waals surface area contributed by atoms with E-state index in [2.05, 4.69) is 9.97 Å². The Balaban J connectivity index is 2.30. The van der Waals surface area contributed by atoms with Gasteiger partial charge in [-0.05, 0) is 12.8 Å². The lowest BCUT2D eigenvalue weighted by atomic mass is 10.2. The van der Waals surface area contributed by atoms with Crippen LogP contribution in [0.5, 0.6) is 0 Å². The Morgan fingerprint density at radius 3 is 2.65 bits per heavy atom. The van der Waals surface area contributed by atoms with Crippen LogP contribution in [0.4, 0.5) is 0 Å². The zero-order valence-corrected chi connectivity index (χ0v) is 12.1. The van der Waals surface area contributed by atoms with Gasteiger partial charge in [0.2, 0.25) is 0 Å². The molecule has 1 aromatic heterocycles. The molecule has 1 aliphatic rings. The molecule has 0 atom stereocenters. The molecule has 0 radical (unpaired) electrons. The molecular formula is C13H16ClN3O3. The summed E-state index contributed by atoms with van der Waals surface area (Å²) in [5.74, 6) is -0.903. The second-order valence-electron chi connectivity index (χ2n) is 5.14. The normalized spacial score (nSPS) is 14.4. The number of carbonyl (C=O) groups excluding carboxylic acids is 1. The Bertz CT molecular complexity index is 544. The van der Waals surface area contributed by atoms with Crippen molar-refractivity contribution in [1.29, 1.82) is 0 Å². The Labute approximate surface area is 121 Å². The lowest BCUT2D eigenvalue weighted by Crippen LogP contribution is -2.38. The highest BCUT2D eigenvalue weighted by atomic mass is 35.5. The maximum atomic E-state index is 12.4. The molecule has 1 N–H and O–H groups in total. The van der Waals surface area contributed by atoms with Gasteiger partial charge in [-0.3, -0.25) is 9.59 Å². The Morgan fingerprint density at radius 1 is 1.50 bits per heavy atom. The van der Waals surface area contributed by atoms with Gasteiger partial charge in [0.05, 0.1) is 11.2 Å². The number of aromatic nitrogens is 2. The van der Waals surface area contributed by atoms with Crippen LogP contribution in [-0.2, 0) is 4.79 Å². The van der Waals surface area contributed by atoms with Crippen LogP contribution in [0.3, 0.4) is 0 Å². The maximum absolute atomic E-state index is 12.4. The van der Waals surface area contributed by atoms with E-state index in [0.29, 0.717) is 5.82 Å². The molecule has 0 spiro atoms. The van der Waals surface area contributed by atoms with Gasteiger partial charge in [0, 0.05) is 12.0 Å². The first-order valence-electron chi connectivity index (χ1n) is 6.45. The van der Waals surface area contributed by atoms with Crippen molar-refractivity contribution in [1.82, 2.24) is 14.9 Å². The van der Waals surface area contributed by atoms with Gasteiger partial charge in [0.25, 0.3) is 5.91 Å². The number of carbonyl (C=O) groups is 2. The van der Waals surface area contributed by atoms with Crippen LogP contribution >= 0.6 is 11.6 Å². The number of hydrogen-bond donors (Lipinski definition) is 1. The third-order valence-corrected chi connectivity index (χ3v) is 3.31. The van der Waals surface area contributed by atoms with E-state index in [1.54, 1.807) is 0 Å². The van der Waals surface area contributed by atoms with E-state index in [1.165, 1.54) is 11.1 Å². The smallest absolute Gasteiger partial charge is 0.323 e. The second-order valence-corrected chi connectivity index (χ2v) is 5.54. The lowest BCUT2D eigenvalue weighted by molar-refractivity contribution is -0.137. The summed E-state index contributed by atoms with van der Waals surface area (Å²) in [5, 5.41) is 9.06. The molecule has 20 heavy (non-hydrogen) atoms. The summed E-state index contributed by atoms with van der Waals surface area (Å²) in [6.45, 7) is 3.49. The van der Waals surface area contributed by atoms with Gasteiger partial charge < -0.3 is 10.0 Å². The van der Waals surface area contributed by atoms with Crippen LogP contribution in [0.1, 0.15) is 48.9 Å². The molecule has 0 unspecified atom stereocenters. The molecule has 1 amide bonds. The SMILES string of the molecule is CC(C)c1ncc(Cl)c(C(=O)N(CC(=O)O)C2CC2)n1. The van der Waals surface area contributed by atoms with Crippen LogP contribution in [0.2, 0.25) is 5.02 Å². The number of amides is 1. The fraction of sp³-hybridized carbons (Fsp3) is 0.538. The van der Waals surface area contributed by atoms with Gasteiger partial charge in [0.15, 0.2) is 5.69 Å². The summed E-state index contributed by atoms with van der Waals surface area (Å²) in [5.41, 5.74) is 0.0820. The van der Waals surface area contributed by atoms with Crippen molar-refractivity contribution in [2.45, 2.75) is 38.6 Å². The number of carboxylic acids is 1. The fourth-order valence-corrected chi connectivity index (χ4v) is 2.02. The molecule has 7 heteroatoms. The molecule has 0 saturated heterocycles. The van der Waals surface area contributed by atoms with Gasteiger partial charge in [-0.1, -0.05) is 25.4 Å². The highest BCUT2D eigenvalue weighted by molar-refractivity contribution is 6.33. The fourth-order valence-electron chi connectivity index (χ4n) is 1.84. The van der Waals surface area contributed by atoms with E-state index >= 15 is 0 Å². The van der Waals surface area contributed by atoms with Crippen LogP contribution in [0.15, 0.2) is 6.20 Å². The van der Waals surface area contributed by atoms with Gasteiger partial charge in [-0.2, -0.15) is 0 Å². The molecule has 1 saturated carbocycles. The zero-order chi connectivity index (χ0) is 14.9. The van der Waals surface area contributed by atoms with E-state index in [1.807, 2.05) is 13.8 Å². The van der Waals surface area contributed by atoms with Crippen LogP contribution in [0.25, 0.3) is 0 Å². The third-order valence-electron chi connectivity index (χ3n) is 3.04. The quantitative estimate of drug-likeness (QED) is 0.898. The Hall–Kier alpha value is -1.69. The molecule has 108 valence electrons. The number of rotatable bonds is 5. The number of halogens is 1. The lowest BCUT2D eigenvalue weighted by Gasteiger charge is -2.20. The minimum atomic E-state index is -1.04. The first kappa shape index (κ1) is 14.7. The Morgan fingerprint density at radius 2 is 2.15 bits per heavy atom. The standard InChI is InChI=1S/C13H16ClN3O3/c1-7(2)12-15-5-9(14)11(16-12)13(20)17(6-10(18)19)8-3-4-8/h5,7-8H,3-4,6H2,1-2H3,(H,18,19). The van der Waals surface area contributed by atoms with Crippen molar-refractivity contribution >= 4 is 23.5 Å². The highest BCUT2D eigenvalue weighted by Crippen LogP contribution is 2.29. The maximum Gasteiger partial charge on any atom is 0.323 e. The average molecular weight is 298 g/mol. The van der Waals surface area contributed by atoms with Crippen LogP contribution in [0, 0.1) is 0 Å². The molecule has 1 aromatic rings. The van der Waals surface area contributed by atoms with E-state index in [9.17, 15) is 9.59 Å². The summed E-state index contributed by atoms with van der Waals surface area (Å²) < 4.78 is 0. The van der Waals surface area contributed by atoms with Gasteiger partial charge in [0.1, 0.15) is 12.4 Å². The highest BCUT2D eigenvalue weighted by Gasteiger charge is 2.35. The molecular weight excluding hydrogens is 282 g/mol. The molecule has 1 fully saturated rings. The first-order chi connectivity index (χ1) is 9.40. The van der Waals surface area contributed by atoms with E-state index < -0.39 is 11.9 Å². The van der Waals surface area contributed by atoms with Crippen LogP contribution in [-0.4, -0.2) is 44.4 Å². The van der Waals surface area contributed by atoms with Gasteiger partial charge in [-0.15, -0.1) is 0 Å². The number of hydrogen-bond acceptors (Lipinski definition) is 4. The number of carboxylic acid groups (broad SMARTS) is 1. The molecule has 2 rings (SSSR count). The summed E-state index contributed by atoms with van der Waals surface area (Å²) in [4.78, 5) is 32.9. The van der Waals surface area contributed by atoms with Crippen LogP contribution < -0.4 is 0 Å². The molecule has 1 heterocycles. The monoisotopic (exact) mass is 297 g/mol. The third kappa shape index (κ3) is 3.25. The summed E-state index contributed by atoms with van der Waals surface area (Å²) in [6, 6.07) is -0.0212. The Kier molecular flexibility index (Phi) is 4.23. The summed E-state index contributed by atoms with van der Waals surface area (Å²) in [6.07, 6.45) is 3.03. The largest absolute Gasteiger partial charge is 0.480 e. The van der Waals surface area contributed by atoms with Crippen molar-refractivity contribution in [2.24, 2.45) is 0 Å². The molecule has 6 nitrogen and oxygen atoms in total. The minimum absolute atomic E-state index is 0.0212. The van der Waals surface area contributed by atoms with Crippen molar-refractivity contribution in [3.05, 3.63) is 22.7 Å². The average Bonchev–Trinajstić information content (AvgIpc) is 3.19. The molecule has 0 aliphatic heterocycles. The zero-order valence-electron chi connectivity index (χ0n) is 11.3. The van der Waals surface area contributed by atoms with Crippen molar-refractivity contribution < 1.29 is 14.7 Å². The molecule has 0 aromatic carbocycles. The van der Waals surface area contributed by atoms with Crippen molar-refractivity contribution in [2.75, 3.05) is 6.54 Å².